The van der Waals surface area contributed by atoms with Crippen LogP contribution in [0.1, 0.15) is 30.6 Å². The maximum absolute atomic E-state index is 12.3. The van der Waals surface area contributed by atoms with Crippen molar-refractivity contribution in [2.45, 2.75) is 20.3 Å². The summed E-state index contributed by atoms with van der Waals surface area (Å²) in [5, 5.41) is 5.38. The van der Waals surface area contributed by atoms with Gasteiger partial charge in [0.2, 0.25) is 0 Å². The Hall–Kier alpha value is -3.35. The van der Waals surface area contributed by atoms with E-state index >= 15 is 0 Å². The molecule has 2 aromatic rings. The van der Waals surface area contributed by atoms with Gasteiger partial charge in [0.25, 0.3) is 11.8 Å². The Kier molecular flexibility index (Phi) is 7.37. The predicted octanol–water partition coefficient (Wildman–Crippen LogP) is 3.23. The van der Waals surface area contributed by atoms with Crippen LogP contribution in [-0.2, 0) is 14.3 Å². The molecular weight excluding hydrogens is 348 g/mol. The average Bonchev–Trinajstić information content (AvgIpc) is 2.68. The van der Waals surface area contributed by atoms with E-state index in [-0.39, 0.29) is 18.9 Å². The molecule has 7 nitrogen and oxygen atoms in total. The van der Waals surface area contributed by atoms with Gasteiger partial charge in [-0.2, -0.15) is 0 Å². The van der Waals surface area contributed by atoms with E-state index in [0.717, 1.165) is 5.75 Å². The maximum atomic E-state index is 12.3. The number of ether oxygens (including phenoxy) is 2. The van der Waals surface area contributed by atoms with Gasteiger partial charge in [0.15, 0.2) is 6.61 Å². The molecule has 0 atom stereocenters. The van der Waals surface area contributed by atoms with E-state index < -0.39 is 11.9 Å². The molecule has 2 N–H and O–H groups in total. The Labute approximate surface area is 157 Å². The molecule has 0 aliphatic rings. The van der Waals surface area contributed by atoms with Crippen LogP contribution in [-0.4, -0.2) is 31.0 Å². The number of carbonyl (C=O) groups is 3. The molecule has 0 fully saturated rings. The maximum Gasteiger partial charge on any atom is 0.306 e. The van der Waals surface area contributed by atoms with Crippen LogP contribution in [0, 0.1) is 0 Å². The average molecular weight is 370 g/mol. The van der Waals surface area contributed by atoms with E-state index in [1.165, 1.54) is 0 Å². The fourth-order valence-corrected chi connectivity index (χ4v) is 2.15. The van der Waals surface area contributed by atoms with Crippen LogP contribution in [0.25, 0.3) is 0 Å². The SMILES string of the molecule is CCOc1ccc(NC(=O)c2ccc(NC(=O)COC(=O)CC)cc2)cc1. The standard InChI is InChI=1S/C20H22N2O5/c1-3-19(24)27-13-18(23)21-15-7-5-14(6-8-15)20(25)22-16-9-11-17(12-10-16)26-4-2/h5-12H,3-4,13H2,1-2H3,(H,21,23)(H,22,25). The number of nitrogens with one attached hydrogen (secondary N) is 2. The first-order valence-electron chi connectivity index (χ1n) is 8.61. The minimum absolute atomic E-state index is 0.214. The molecule has 2 rings (SSSR count). The van der Waals surface area contributed by atoms with E-state index in [9.17, 15) is 14.4 Å². The van der Waals surface area contributed by atoms with Gasteiger partial charge in [-0.05, 0) is 55.5 Å². The molecule has 27 heavy (non-hydrogen) atoms. The predicted molar refractivity (Wildman–Crippen MR) is 102 cm³/mol. The van der Waals surface area contributed by atoms with Crippen molar-refractivity contribution in [2.75, 3.05) is 23.8 Å². The summed E-state index contributed by atoms with van der Waals surface area (Å²) in [6.07, 6.45) is 0.214. The van der Waals surface area contributed by atoms with Crippen LogP contribution < -0.4 is 15.4 Å². The zero-order chi connectivity index (χ0) is 19.6. The molecule has 0 aliphatic carbocycles. The largest absolute Gasteiger partial charge is 0.494 e. The number of hydrogen-bond acceptors (Lipinski definition) is 5. The van der Waals surface area contributed by atoms with E-state index in [2.05, 4.69) is 10.6 Å². The molecule has 0 radical (unpaired) electrons. The van der Waals surface area contributed by atoms with Crippen molar-refractivity contribution >= 4 is 29.2 Å². The second-order valence-electron chi connectivity index (χ2n) is 5.55. The normalized spacial score (nSPS) is 10.0. The number of carbonyl (C=O) groups excluding carboxylic acids is 3. The Morgan fingerprint density at radius 1 is 0.852 bits per heavy atom. The van der Waals surface area contributed by atoms with Gasteiger partial charge in [-0.3, -0.25) is 14.4 Å². The van der Waals surface area contributed by atoms with Crippen LogP contribution in [0.4, 0.5) is 11.4 Å². The molecule has 142 valence electrons. The van der Waals surface area contributed by atoms with Crippen LogP contribution in [0.3, 0.4) is 0 Å². The van der Waals surface area contributed by atoms with E-state index in [4.69, 9.17) is 9.47 Å². The van der Waals surface area contributed by atoms with Crippen molar-refractivity contribution < 1.29 is 23.9 Å². The lowest BCUT2D eigenvalue weighted by Crippen LogP contribution is -2.20. The Balaban J connectivity index is 1.89. The van der Waals surface area contributed by atoms with Crippen molar-refractivity contribution in [1.82, 2.24) is 0 Å². The summed E-state index contributed by atoms with van der Waals surface area (Å²) in [6, 6.07) is 13.5. The van der Waals surface area contributed by atoms with Gasteiger partial charge in [0.1, 0.15) is 5.75 Å². The van der Waals surface area contributed by atoms with E-state index in [1.807, 2.05) is 6.92 Å². The highest BCUT2D eigenvalue weighted by Gasteiger charge is 2.09. The molecule has 0 saturated carbocycles. The Morgan fingerprint density at radius 3 is 2.04 bits per heavy atom. The minimum atomic E-state index is -0.441. The number of esters is 1. The van der Waals surface area contributed by atoms with Crippen LogP contribution in [0.2, 0.25) is 0 Å². The van der Waals surface area contributed by atoms with Gasteiger partial charge in [0, 0.05) is 23.4 Å². The Morgan fingerprint density at radius 2 is 1.44 bits per heavy atom. The molecule has 2 amide bonds. The third kappa shape index (κ3) is 6.47. The number of benzene rings is 2. The van der Waals surface area contributed by atoms with Crippen molar-refractivity contribution in [3.63, 3.8) is 0 Å². The summed E-state index contributed by atoms with van der Waals surface area (Å²) in [6.45, 7) is 3.79. The molecule has 0 spiro atoms. The highest BCUT2D eigenvalue weighted by Crippen LogP contribution is 2.17. The minimum Gasteiger partial charge on any atom is -0.494 e. The summed E-state index contributed by atoms with van der Waals surface area (Å²) >= 11 is 0. The summed E-state index contributed by atoms with van der Waals surface area (Å²) < 4.78 is 10.1. The molecule has 0 aromatic heterocycles. The van der Waals surface area contributed by atoms with E-state index in [0.29, 0.717) is 23.5 Å². The molecule has 0 heterocycles. The molecule has 0 aliphatic heterocycles. The highest BCUT2D eigenvalue weighted by atomic mass is 16.5. The van der Waals surface area contributed by atoms with Crippen LogP contribution >= 0.6 is 0 Å². The van der Waals surface area contributed by atoms with Gasteiger partial charge in [-0.1, -0.05) is 6.92 Å². The van der Waals surface area contributed by atoms with Crippen molar-refractivity contribution in [1.29, 1.82) is 0 Å². The lowest BCUT2D eigenvalue weighted by atomic mass is 10.2. The summed E-state index contributed by atoms with van der Waals surface area (Å²) in [7, 11) is 0. The number of hydrogen-bond donors (Lipinski definition) is 2. The van der Waals surface area contributed by atoms with Gasteiger partial charge >= 0.3 is 5.97 Å². The quantitative estimate of drug-likeness (QED) is 0.696. The molecule has 0 bridgehead atoms. The summed E-state index contributed by atoms with van der Waals surface area (Å²) in [5.74, 6) is -0.413. The van der Waals surface area contributed by atoms with Gasteiger partial charge in [-0.15, -0.1) is 0 Å². The third-order valence-electron chi connectivity index (χ3n) is 3.51. The van der Waals surface area contributed by atoms with Gasteiger partial charge < -0.3 is 20.1 Å². The van der Waals surface area contributed by atoms with Crippen molar-refractivity contribution in [2.24, 2.45) is 0 Å². The summed E-state index contributed by atoms with van der Waals surface area (Å²) in [4.78, 5) is 35.0. The smallest absolute Gasteiger partial charge is 0.306 e. The van der Waals surface area contributed by atoms with Gasteiger partial charge in [0.05, 0.1) is 6.61 Å². The number of anilines is 2. The second-order valence-corrected chi connectivity index (χ2v) is 5.55. The van der Waals surface area contributed by atoms with Gasteiger partial charge in [-0.25, -0.2) is 0 Å². The lowest BCUT2D eigenvalue weighted by molar-refractivity contribution is -0.146. The first-order valence-corrected chi connectivity index (χ1v) is 8.61. The first-order chi connectivity index (χ1) is 13.0. The molecule has 7 heteroatoms. The monoisotopic (exact) mass is 370 g/mol. The van der Waals surface area contributed by atoms with Crippen LogP contribution in [0.15, 0.2) is 48.5 Å². The second kappa shape index (κ2) is 9.96. The fraction of sp³-hybridized carbons (Fsp3) is 0.250. The van der Waals surface area contributed by atoms with Crippen molar-refractivity contribution in [3.05, 3.63) is 54.1 Å². The number of rotatable bonds is 8. The Bertz CT molecular complexity index is 785. The zero-order valence-corrected chi connectivity index (χ0v) is 15.3. The molecular formula is C20H22N2O5. The molecule has 2 aromatic carbocycles. The lowest BCUT2D eigenvalue weighted by Gasteiger charge is -2.09. The zero-order valence-electron chi connectivity index (χ0n) is 15.3. The van der Waals surface area contributed by atoms with Crippen molar-refractivity contribution in [3.8, 4) is 5.75 Å². The molecule has 0 saturated heterocycles. The summed E-state index contributed by atoms with van der Waals surface area (Å²) in [5.41, 5.74) is 1.60. The third-order valence-corrected chi connectivity index (χ3v) is 3.51. The highest BCUT2D eigenvalue weighted by molar-refractivity contribution is 6.04. The van der Waals surface area contributed by atoms with E-state index in [1.54, 1.807) is 55.5 Å². The molecule has 0 unspecified atom stereocenters. The first kappa shape index (κ1) is 20.0. The topological polar surface area (TPSA) is 93.7 Å². The number of amides is 2. The van der Waals surface area contributed by atoms with Crippen LogP contribution in [0.5, 0.6) is 5.75 Å². The fourth-order valence-electron chi connectivity index (χ4n) is 2.15.